The Balaban J connectivity index is 1.87. The van der Waals surface area contributed by atoms with Gasteiger partial charge in [-0.25, -0.2) is 0 Å². The fourth-order valence-electron chi connectivity index (χ4n) is 2.90. The van der Waals surface area contributed by atoms with Crippen LogP contribution in [0.1, 0.15) is 61.6 Å². The van der Waals surface area contributed by atoms with Crippen LogP contribution in [-0.4, -0.2) is 27.0 Å². The van der Waals surface area contributed by atoms with Crippen molar-refractivity contribution in [2.45, 2.75) is 45.4 Å². The van der Waals surface area contributed by atoms with Crippen LogP contribution in [0.2, 0.25) is 0 Å². The predicted octanol–water partition coefficient (Wildman–Crippen LogP) is 2.77. The van der Waals surface area contributed by atoms with Gasteiger partial charge in [-0.3, -0.25) is 9.20 Å². The van der Waals surface area contributed by atoms with Gasteiger partial charge in [0, 0.05) is 18.7 Å². The van der Waals surface area contributed by atoms with Gasteiger partial charge in [0.25, 0.3) is 5.91 Å². The molecule has 2 aromatic heterocycles. The lowest BCUT2D eigenvalue weighted by Gasteiger charge is -2.10. The maximum Gasteiger partial charge on any atom is 0.252 e. The first-order chi connectivity index (χ1) is 10.1. The highest BCUT2D eigenvalue weighted by molar-refractivity contribution is 5.94. The van der Waals surface area contributed by atoms with E-state index in [4.69, 9.17) is 0 Å². The summed E-state index contributed by atoms with van der Waals surface area (Å²) in [5, 5.41) is 11.5. The number of rotatable bonds is 4. The summed E-state index contributed by atoms with van der Waals surface area (Å²) in [5.41, 5.74) is 1.49. The number of hydrogen-bond donors (Lipinski definition) is 1. The molecule has 1 saturated carbocycles. The third kappa shape index (κ3) is 2.91. The van der Waals surface area contributed by atoms with Crippen LogP contribution in [0.25, 0.3) is 5.65 Å². The molecule has 5 nitrogen and oxygen atoms in total. The Hall–Kier alpha value is -1.91. The molecule has 1 amide bonds. The minimum absolute atomic E-state index is 0.0309. The van der Waals surface area contributed by atoms with Crippen LogP contribution in [0.15, 0.2) is 18.3 Å². The summed E-state index contributed by atoms with van der Waals surface area (Å²) >= 11 is 0. The molecule has 0 spiro atoms. The van der Waals surface area contributed by atoms with Crippen molar-refractivity contribution >= 4 is 11.6 Å². The van der Waals surface area contributed by atoms with Gasteiger partial charge in [0.05, 0.1) is 5.56 Å². The van der Waals surface area contributed by atoms with Crippen molar-refractivity contribution in [3.8, 4) is 0 Å². The standard InChI is InChI=1S/C16H22N4O/c1-11(2)9-17-16(21)13-7-8-14-18-19-15(20(14)10-13)12-5-3-4-6-12/h7-8,10-12H,3-6,9H2,1-2H3,(H,17,21). The molecule has 1 aliphatic carbocycles. The van der Waals surface area contributed by atoms with Crippen molar-refractivity contribution in [3.05, 3.63) is 29.7 Å². The van der Waals surface area contributed by atoms with Crippen molar-refractivity contribution in [2.75, 3.05) is 6.54 Å². The molecule has 21 heavy (non-hydrogen) atoms. The largest absolute Gasteiger partial charge is 0.352 e. The van der Waals surface area contributed by atoms with Crippen molar-refractivity contribution in [3.63, 3.8) is 0 Å². The quantitative estimate of drug-likeness (QED) is 0.940. The molecule has 0 bridgehead atoms. The number of aromatic nitrogens is 3. The summed E-state index contributed by atoms with van der Waals surface area (Å²) in [6.45, 7) is 4.86. The first-order valence-corrected chi connectivity index (χ1v) is 7.78. The maximum absolute atomic E-state index is 12.2. The molecule has 1 fully saturated rings. The number of pyridine rings is 1. The van der Waals surface area contributed by atoms with Gasteiger partial charge in [-0.15, -0.1) is 10.2 Å². The number of hydrogen-bond acceptors (Lipinski definition) is 3. The predicted molar refractivity (Wildman–Crippen MR) is 81.4 cm³/mol. The van der Waals surface area contributed by atoms with E-state index in [9.17, 15) is 4.79 Å². The summed E-state index contributed by atoms with van der Waals surface area (Å²) in [6, 6.07) is 3.69. The number of nitrogens with one attached hydrogen (secondary N) is 1. The molecule has 1 N–H and O–H groups in total. The van der Waals surface area contributed by atoms with E-state index in [1.54, 1.807) is 0 Å². The number of carbonyl (C=O) groups is 1. The third-order valence-corrected chi connectivity index (χ3v) is 4.08. The first-order valence-electron chi connectivity index (χ1n) is 7.78. The third-order valence-electron chi connectivity index (χ3n) is 4.08. The van der Waals surface area contributed by atoms with E-state index in [1.807, 2.05) is 22.7 Å². The Morgan fingerprint density at radius 2 is 2.10 bits per heavy atom. The lowest BCUT2D eigenvalue weighted by molar-refractivity contribution is 0.0948. The smallest absolute Gasteiger partial charge is 0.252 e. The van der Waals surface area contributed by atoms with Crippen LogP contribution in [-0.2, 0) is 0 Å². The molecule has 2 heterocycles. The van der Waals surface area contributed by atoms with E-state index < -0.39 is 0 Å². The van der Waals surface area contributed by atoms with Crippen molar-refractivity contribution in [1.29, 1.82) is 0 Å². The molecule has 0 saturated heterocycles. The molecule has 0 aromatic carbocycles. The summed E-state index contributed by atoms with van der Waals surface area (Å²) in [6.07, 6.45) is 6.73. The Bertz CT molecular complexity index is 641. The molecule has 0 unspecified atom stereocenters. The van der Waals surface area contributed by atoms with Crippen LogP contribution in [0.4, 0.5) is 0 Å². The highest BCUT2D eigenvalue weighted by Gasteiger charge is 2.22. The van der Waals surface area contributed by atoms with Gasteiger partial charge in [-0.1, -0.05) is 26.7 Å². The molecule has 0 atom stereocenters. The topological polar surface area (TPSA) is 59.3 Å². The van der Waals surface area contributed by atoms with E-state index in [-0.39, 0.29) is 5.91 Å². The average Bonchev–Trinajstić information content (AvgIpc) is 3.12. The zero-order chi connectivity index (χ0) is 14.8. The summed E-state index contributed by atoms with van der Waals surface area (Å²) in [4.78, 5) is 12.2. The zero-order valence-electron chi connectivity index (χ0n) is 12.7. The summed E-state index contributed by atoms with van der Waals surface area (Å²) in [5.74, 6) is 1.90. The Kier molecular flexibility index (Phi) is 3.90. The second-order valence-electron chi connectivity index (χ2n) is 6.29. The molecule has 3 rings (SSSR count). The fourth-order valence-corrected chi connectivity index (χ4v) is 2.90. The maximum atomic E-state index is 12.2. The molecule has 1 aliphatic rings. The SMILES string of the molecule is CC(C)CNC(=O)c1ccc2nnc(C3CCCC3)n2c1. The Morgan fingerprint density at radius 3 is 2.81 bits per heavy atom. The second-order valence-corrected chi connectivity index (χ2v) is 6.29. The van der Waals surface area contributed by atoms with Crippen LogP contribution >= 0.6 is 0 Å². The molecular weight excluding hydrogens is 264 g/mol. The lowest BCUT2D eigenvalue weighted by atomic mass is 10.1. The summed E-state index contributed by atoms with van der Waals surface area (Å²) in [7, 11) is 0. The highest BCUT2D eigenvalue weighted by Crippen LogP contribution is 2.33. The molecule has 0 radical (unpaired) electrons. The van der Waals surface area contributed by atoms with Crippen molar-refractivity contribution in [1.82, 2.24) is 19.9 Å². The van der Waals surface area contributed by atoms with Gasteiger partial charge in [0.1, 0.15) is 5.82 Å². The van der Waals surface area contributed by atoms with Gasteiger partial charge in [-0.2, -0.15) is 0 Å². The number of carbonyl (C=O) groups excluding carboxylic acids is 1. The summed E-state index contributed by atoms with van der Waals surface area (Å²) < 4.78 is 1.99. The number of amides is 1. The normalized spacial score (nSPS) is 16.0. The van der Waals surface area contributed by atoms with E-state index in [1.165, 1.54) is 25.7 Å². The van der Waals surface area contributed by atoms with Crippen LogP contribution < -0.4 is 5.32 Å². The monoisotopic (exact) mass is 286 g/mol. The minimum Gasteiger partial charge on any atom is -0.352 e. The molecule has 5 heteroatoms. The van der Waals surface area contributed by atoms with Crippen LogP contribution in [0.3, 0.4) is 0 Å². The molecular formula is C16H22N4O. The molecule has 2 aromatic rings. The van der Waals surface area contributed by atoms with Gasteiger partial charge in [-0.05, 0) is 30.9 Å². The van der Waals surface area contributed by atoms with E-state index >= 15 is 0 Å². The minimum atomic E-state index is -0.0309. The number of nitrogens with zero attached hydrogens (tertiary/aromatic N) is 3. The van der Waals surface area contributed by atoms with Gasteiger partial charge in [0.2, 0.25) is 0 Å². The van der Waals surface area contributed by atoms with Crippen LogP contribution in [0, 0.1) is 5.92 Å². The highest BCUT2D eigenvalue weighted by atomic mass is 16.1. The Morgan fingerprint density at radius 1 is 1.33 bits per heavy atom. The van der Waals surface area contributed by atoms with Gasteiger partial charge < -0.3 is 5.32 Å². The van der Waals surface area contributed by atoms with E-state index in [2.05, 4.69) is 29.4 Å². The van der Waals surface area contributed by atoms with Crippen molar-refractivity contribution in [2.24, 2.45) is 5.92 Å². The first kappa shape index (κ1) is 14.0. The van der Waals surface area contributed by atoms with Gasteiger partial charge >= 0.3 is 0 Å². The second kappa shape index (κ2) is 5.84. The fraction of sp³-hybridized carbons (Fsp3) is 0.562. The van der Waals surface area contributed by atoms with E-state index in [0.717, 1.165) is 11.5 Å². The molecule has 112 valence electrons. The van der Waals surface area contributed by atoms with Crippen molar-refractivity contribution < 1.29 is 4.79 Å². The lowest BCUT2D eigenvalue weighted by Crippen LogP contribution is -2.27. The van der Waals surface area contributed by atoms with E-state index in [0.29, 0.717) is 23.9 Å². The van der Waals surface area contributed by atoms with Crippen LogP contribution in [0.5, 0.6) is 0 Å². The zero-order valence-corrected chi connectivity index (χ0v) is 12.7. The molecule has 0 aliphatic heterocycles. The Labute approximate surface area is 124 Å². The number of fused-ring (bicyclic) bond motifs is 1. The van der Waals surface area contributed by atoms with Gasteiger partial charge in [0.15, 0.2) is 5.65 Å². The average molecular weight is 286 g/mol.